The molecule has 190 valence electrons. The third-order valence-corrected chi connectivity index (χ3v) is 7.35. The van der Waals surface area contributed by atoms with E-state index >= 15 is 0 Å². The first-order valence-electron chi connectivity index (χ1n) is 13.2. The standard InChI is InChI=1S/C28H40N4O3/c1-22(33)32-15-10-23(11-16-32)6-7-25-19-26(30-29-21-25)18-24-8-9-27(34-2)28(20-24)35-17-5-14-31-12-3-4-13-31/h8-9,19-21,23H,3-7,10-18H2,1-2H3. The molecule has 0 N–H and O–H groups in total. The molecule has 7 heteroatoms. The molecule has 2 aliphatic rings. The number of hydrogen-bond donors (Lipinski definition) is 0. The van der Waals surface area contributed by atoms with Gasteiger partial charge in [-0.05, 0) is 93.3 Å². The van der Waals surface area contributed by atoms with Gasteiger partial charge in [0.1, 0.15) is 0 Å². The molecule has 1 aromatic heterocycles. The van der Waals surface area contributed by atoms with Crippen LogP contribution < -0.4 is 9.47 Å². The molecule has 1 aromatic carbocycles. The van der Waals surface area contributed by atoms with Crippen LogP contribution in [0.4, 0.5) is 0 Å². The number of piperidine rings is 1. The van der Waals surface area contributed by atoms with Gasteiger partial charge < -0.3 is 19.3 Å². The summed E-state index contributed by atoms with van der Waals surface area (Å²) in [6, 6.07) is 8.31. The molecule has 0 atom stereocenters. The van der Waals surface area contributed by atoms with Gasteiger partial charge in [-0.2, -0.15) is 10.2 Å². The van der Waals surface area contributed by atoms with Gasteiger partial charge in [0, 0.05) is 33.0 Å². The fraction of sp³-hybridized carbons (Fsp3) is 0.607. The minimum absolute atomic E-state index is 0.195. The Hall–Kier alpha value is -2.67. The Kier molecular flexibility index (Phi) is 9.35. The second-order valence-corrected chi connectivity index (χ2v) is 9.96. The summed E-state index contributed by atoms with van der Waals surface area (Å²) in [5.74, 6) is 2.44. The lowest BCUT2D eigenvalue weighted by atomic mass is 9.90. The Morgan fingerprint density at radius 2 is 1.86 bits per heavy atom. The number of methoxy groups -OCH3 is 1. The average Bonchev–Trinajstić information content (AvgIpc) is 3.40. The summed E-state index contributed by atoms with van der Waals surface area (Å²) in [5, 5.41) is 8.65. The normalized spacial score (nSPS) is 17.0. The fourth-order valence-electron chi connectivity index (χ4n) is 5.22. The first kappa shape index (κ1) is 25.4. The van der Waals surface area contributed by atoms with Crippen molar-refractivity contribution in [2.75, 3.05) is 46.4 Å². The molecule has 2 fully saturated rings. The highest BCUT2D eigenvalue weighted by atomic mass is 16.5. The number of hydrogen-bond acceptors (Lipinski definition) is 6. The van der Waals surface area contributed by atoms with E-state index < -0.39 is 0 Å². The smallest absolute Gasteiger partial charge is 0.219 e. The lowest BCUT2D eigenvalue weighted by Crippen LogP contribution is -2.37. The van der Waals surface area contributed by atoms with Gasteiger partial charge in [0.2, 0.25) is 5.91 Å². The molecular weight excluding hydrogens is 440 g/mol. The summed E-state index contributed by atoms with van der Waals surface area (Å²) in [5.41, 5.74) is 3.35. The lowest BCUT2D eigenvalue weighted by Gasteiger charge is -2.31. The van der Waals surface area contributed by atoms with Gasteiger partial charge in [-0.1, -0.05) is 6.07 Å². The zero-order valence-corrected chi connectivity index (χ0v) is 21.4. The predicted molar refractivity (Wildman–Crippen MR) is 137 cm³/mol. The highest BCUT2D eigenvalue weighted by Crippen LogP contribution is 2.29. The third kappa shape index (κ3) is 7.66. The number of carbonyl (C=O) groups is 1. The summed E-state index contributed by atoms with van der Waals surface area (Å²) in [6.45, 7) is 7.67. The monoisotopic (exact) mass is 480 g/mol. The summed E-state index contributed by atoms with van der Waals surface area (Å²) >= 11 is 0. The van der Waals surface area contributed by atoms with Crippen molar-refractivity contribution in [2.24, 2.45) is 5.92 Å². The maximum absolute atomic E-state index is 11.5. The first-order valence-corrected chi connectivity index (χ1v) is 13.2. The largest absolute Gasteiger partial charge is 0.493 e. The van der Waals surface area contributed by atoms with E-state index in [-0.39, 0.29) is 5.91 Å². The molecule has 0 spiro atoms. The zero-order chi connectivity index (χ0) is 24.5. The number of nitrogens with zero attached hydrogens (tertiary/aromatic N) is 4. The number of likely N-dealkylation sites (tertiary alicyclic amines) is 2. The Bertz CT molecular complexity index is 953. The van der Waals surface area contributed by atoms with E-state index in [0.717, 1.165) is 74.5 Å². The molecule has 0 bridgehead atoms. The van der Waals surface area contributed by atoms with Gasteiger partial charge in [0.05, 0.1) is 25.6 Å². The Labute approximate surface area is 209 Å². The van der Waals surface area contributed by atoms with Crippen molar-refractivity contribution in [1.29, 1.82) is 0 Å². The number of amides is 1. The van der Waals surface area contributed by atoms with Crippen LogP contribution in [-0.4, -0.2) is 72.3 Å². The summed E-state index contributed by atoms with van der Waals surface area (Å²) < 4.78 is 11.6. The molecule has 2 aliphatic heterocycles. The highest BCUT2D eigenvalue weighted by molar-refractivity contribution is 5.73. The molecular formula is C28H40N4O3. The molecule has 1 amide bonds. The molecule has 35 heavy (non-hydrogen) atoms. The molecule has 2 aromatic rings. The van der Waals surface area contributed by atoms with Crippen molar-refractivity contribution < 1.29 is 14.3 Å². The maximum Gasteiger partial charge on any atom is 0.219 e. The van der Waals surface area contributed by atoms with Crippen LogP contribution in [0.5, 0.6) is 11.5 Å². The van der Waals surface area contributed by atoms with Gasteiger partial charge in [-0.3, -0.25) is 4.79 Å². The van der Waals surface area contributed by atoms with E-state index in [4.69, 9.17) is 9.47 Å². The number of carbonyl (C=O) groups excluding carboxylic acids is 1. The van der Waals surface area contributed by atoms with Crippen LogP contribution >= 0.6 is 0 Å². The van der Waals surface area contributed by atoms with E-state index in [1.54, 1.807) is 14.0 Å². The number of ether oxygens (including phenoxy) is 2. The average molecular weight is 481 g/mol. The first-order chi connectivity index (χ1) is 17.1. The second-order valence-electron chi connectivity index (χ2n) is 9.96. The van der Waals surface area contributed by atoms with Crippen molar-refractivity contribution in [3.8, 4) is 11.5 Å². The molecule has 4 rings (SSSR count). The lowest BCUT2D eigenvalue weighted by molar-refractivity contribution is -0.130. The highest BCUT2D eigenvalue weighted by Gasteiger charge is 2.20. The van der Waals surface area contributed by atoms with Gasteiger partial charge in [-0.15, -0.1) is 0 Å². The van der Waals surface area contributed by atoms with Crippen LogP contribution in [0, 0.1) is 5.92 Å². The van der Waals surface area contributed by atoms with Crippen LogP contribution in [0.25, 0.3) is 0 Å². The summed E-state index contributed by atoms with van der Waals surface area (Å²) in [6.07, 6.45) is 10.6. The zero-order valence-electron chi connectivity index (χ0n) is 21.4. The van der Waals surface area contributed by atoms with Gasteiger partial charge in [0.25, 0.3) is 0 Å². The van der Waals surface area contributed by atoms with E-state index in [1.807, 2.05) is 17.2 Å². The fourth-order valence-corrected chi connectivity index (χ4v) is 5.22. The SMILES string of the molecule is COc1ccc(Cc2cc(CCC3CCN(C(C)=O)CC3)cnn2)cc1OCCCN1CCCC1. The third-order valence-electron chi connectivity index (χ3n) is 7.35. The summed E-state index contributed by atoms with van der Waals surface area (Å²) in [7, 11) is 1.69. The topological polar surface area (TPSA) is 67.8 Å². The van der Waals surface area contributed by atoms with E-state index in [0.29, 0.717) is 18.9 Å². The number of benzene rings is 1. The minimum Gasteiger partial charge on any atom is -0.493 e. The van der Waals surface area contributed by atoms with Crippen LogP contribution in [0.2, 0.25) is 0 Å². The van der Waals surface area contributed by atoms with Crippen LogP contribution in [0.15, 0.2) is 30.5 Å². The van der Waals surface area contributed by atoms with Crippen molar-refractivity contribution in [3.63, 3.8) is 0 Å². The molecule has 2 saturated heterocycles. The summed E-state index contributed by atoms with van der Waals surface area (Å²) in [4.78, 5) is 16.0. The molecule has 0 saturated carbocycles. The van der Waals surface area contributed by atoms with Gasteiger partial charge >= 0.3 is 0 Å². The molecule has 0 aliphatic carbocycles. The van der Waals surface area contributed by atoms with Crippen molar-refractivity contribution >= 4 is 5.91 Å². The Balaban J connectivity index is 1.28. The van der Waals surface area contributed by atoms with E-state index in [1.165, 1.54) is 31.5 Å². The van der Waals surface area contributed by atoms with Crippen molar-refractivity contribution in [1.82, 2.24) is 20.0 Å². The van der Waals surface area contributed by atoms with Crippen LogP contribution in [0.1, 0.15) is 62.3 Å². The predicted octanol–water partition coefficient (Wildman–Crippen LogP) is 4.13. The molecule has 0 radical (unpaired) electrons. The van der Waals surface area contributed by atoms with E-state index in [2.05, 4.69) is 33.3 Å². The number of rotatable bonds is 11. The number of aryl methyl sites for hydroxylation is 1. The Morgan fingerprint density at radius 3 is 2.60 bits per heavy atom. The van der Waals surface area contributed by atoms with E-state index in [9.17, 15) is 4.79 Å². The second kappa shape index (κ2) is 12.9. The minimum atomic E-state index is 0.195. The molecule has 7 nitrogen and oxygen atoms in total. The van der Waals surface area contributed by atoms with Crippen LogP contribution in [-0.2, 0) is 17.6 Å². The van der Waals surface area contributed by atoms with Gasteiger partial charge in [0.15, 0.2) is 11.5 Å². The maximum atomic E-state index is 11.5. The quantitative estimate of drug-likeness (QED) is 0.451. The molecule has 0 unspecified atom stereocenters. The van der Waals surface area contributed by atoms with Crippen molar-refractivity contribution in [3.05, 3.63) is 47.3 Å². The van der Waals surface area contributed by atoms with Crippen molar-refractivity contribution in [2.45, 2.75) is 58.3 Å². The molecule has 3 heterocycles. The van der Waals surface area contributed by atoms with Crippen LogP contribution in [0.3, 0.4) is 0 Å². The Morgan fingerprint density at radius 1 is 1.06 bits per heavy atom. The van der Waals surface area contributed by atoms with Gasteiger partial charge in [-0.25, -0.2) is 0 Å². The number of aromatic nitrogens is 2.